The topological polar surface area (TPSA) is 87.3 Å². The normalized spacial score (nSPS) is 19.2. The van der Waals surface area contributed by atoms with Crippen LogP contribution >= 0.6 is 0 Å². The largest absolute Gasteiger partial charge is 0.325 e. The Labute approximate surface area is 125 Å². The first kappa shape index (κ1) is 15.9. The van der Waals surface area contributed by atoms with E-state index in [0.717, 1.165) is 25.8 Å². The molecule has 0 bridgehead atoms. The van der Waals surface area contributed by atoms with Crippen LogP contribution in [0.4, 0.5) is 5.69 Å². The Morgan fingerprint density at radius 2 is 2.10 bits per heavy atom. The van der Waals surface area contributed by atoms with Crippen molar-refractivity contribution in [3.05, 3.63) is 23.8 Å². The molecule has 0 aliphatic carbocycles. The zero-order valence-electron chi connectivity index (χ0n) is 12.3. The fraction of sp³-hybridized carbons (Fsp3) is 0.500. The zero-order valence-corrected chi connectivity index (χ0v) is 13.1. The van der Waals surface area contributed by atoms with Crippen LogP contribution in [0, 0.1) is 6.92 Å². The molecule has 1 aliphatic rings. The fourth-order valence-corrected chi connectivity index (χ4v) is 3.38. The van der Waals surface area contributed by atoms with E-state index in [1.807, 2.05) is 0 Å². The van der Waals surface area contributed by atoms with E-state index in [4.69, 9.17) is 0 Å². The summed E-state index contributed by atoms with van der Waals surface area (Å²) in [4.78, 5) is 12.3. The van der Waals surface area contributed by atoms with Crippen LogP contribution < -0.4 is 15.4 Å². The van der Waals surface area contributed by atoms with Crippen LogP contribution in [0.3, 0.4) is 0 Å². The third-order valence-electron chi connectivity index (χ3n) is 3.64. The number of piperidine rings is 1. The van der Waals surface area contributed by atoms with Crippen molar-refractivity contribution >= 4 is 21.6 Å². The molecular formula is C14H21N3O3S. The highest BCUT2D eigenvalue weighted by molar-refractivity contribution is 7.89. The molecule has 1 atom stereocenters. The van der Waals surface area contributed by atoms with Gasteiger partial charge < -0.3 is 10.6 Å². The molecule has 0 unspecified atom stereocenters. The minimum absolute atomic E-state index is 0.119. The molecule has 21 heavy (non-hydrogen) atoms. The van der Waals surface area contributed by atoms with Crippen LogP contribution in [0.25, 0.3) is 0 Å². The number of rotatable bonds is 4. The summed E-state index contributed by atoms with van der Waals surface area (Å²) in [5.74, 6) is -0.119. The molecule has 3 N–H and O–H groups in total. The van der Waals surface area contributed by atoms with Crippen molar-refractivity contribution in [2.45, 2.75) is 37.1 Å². The molecule has 1 amide bonds. The fourth-order valence-electron chi connectivity index (χ4n) is 2.38. The highest BCUT2D eigenvalue weighted by Gasteiger charge is 2.21. The van der Waals surface area contributed by atoms with Crippen LogP contribution in [-0.4, -0.2) is 34.0 Å². The number of carbonyl (C=O) groups excluding carboxylic acids is 1. The van der Waals surface area contributed by atoms with Crippen molar-refractivity contribution in [2.75, 3.05) is 18.9 Å². The molecule has 1 aliphatic heterocycles. The minimum Gasteiger partial charge on any atom is -0.325 e. The van der Waals surface area contributed by atoms with Gasteiger partial charge in [-0.25, -0.2) is 13.1 Å². The first-order chi connectivity index (χ1) is 9.94. The molecule has 116 valence electrons. The van der Waals surface area contributed by atoms with E-state index in [1.165, 1.54) is 13.1 Å². The summed E-state index contributed by atoms with van der Waals surface area (Å²) in [6.45, 7) is 2.56. The van der Waals surface area contributed by atoms with Crippen molar-refractivity contribution in [2.24, 2.45) is 0 Å². The predicted molar refractivity (Wildman–Crippen MR) is 81.7 cm³/mol. The monoisotopic (exact) mass is 311 g/mol. The smallest absolute Gasteiger partial charge is 0.241 e. The number of carbonyl (C=O) groups is 1. The first-order valence-electron chi connectivity index (χ1n) is 7.02. The van der Waals surface area contributed by atoms with Crippen LogP contribution in [0.5, 0.6) is 0 Å². The van der Waals surface area contributed by atoms with E-state index in [1.54, 1.807) is 19.1 Å². The van der Waals surface area contributed by atoms with Gasteiger partial charge in [-0.2, -0.15) is 0 Å². The summed E-state index contributed by atoms with van der Waals surface area (Å²) in [6.07, 6.45) is 2.91. The molecule has 2 rings (SSSR count). The highest BCUT2D eigenvalue weighted by atomic mass is 32.2. The molecule has 6 nitrogen and oxygen atoms in total. The number of benzene rings is 1. The van der Waals surface area contributed by atoms with Gasteiger partial charge in [-0.15, -0.1) is 0 Å². The van der Waals surface area contributed by atoms with Crippen molar-refractivity contribution in [1.29, 1.82) is 0 Å². The van der Waals surface area contributed by atoms with Gasteiger partial charge in [-0.1, -0.05) is 12.5 Å². The summed E-state index contributed by atoms with van der Waals surface area (Å²) in [7, 11) is -2.16. The van der Waals surface area contributed by atoms with Gasteiger partial charge in [0.1, 0.15) is 0 Å². The Morgan fingerprint density at radius 1 is 1.33 bits per heavy atom. The summed E-state index contributed by atoms with van der Waals surface area (Å²) >= 11 is 0. The van der Waals surface area contributed by atoms with Gasteiger partial charge in [0.05, 0.1) is 10.9 Å². The lowest BCUT2D eigenvalue weighted by atomic mass is 10.0. The number of nitrogens with one attached hydrogen (secondary N) is 3. The van der Waals surface area contributed by atoms with Gasteiger partial charge in [0.15, 0.2) is 0 Å². The number of hydrogen-bond donors (Lipinski definition) is 3. The van der Waals surface area contributed by atoms with Crippen molar-refractivity contribution < 1.29 is 13.2 Å². The maximum atomic E-state index is 12.1. The standard InChI is InChI=1S/C14H21N3O3S/c1-10-6-7-11(9-13(10)21(19,20)15-2)17-14(18)12-5-3-4-8-16-12/h6-7,9,12,15-16H,3-5,8H2,1-2H3,(H,17,18)/t12-/m0/s1. The molecule has 0 aromatic heterocycles. The second kappa shape index (κ2) is 6.55. The second-order valence-electron chi connectivity index (χ2n) is 5.18. The summed E-state index contributed by atoms with van der Waals surface area (Å²) in [5.41, 5.74) is 1.13. The van der Waals surface area contributed by atoms with Gasteiger partial charge >= 0.3 is 0 Å². The molecule has 1 saturated heterocycles. The lowest BCUT2D eigenvalue weighted by molar-refractivity contribution is -0.118. The van der Waals surface area contributed by atoms with Crippen molar-refractivity contribution in [3.63, 3.8) is 0 Å². The quantitative estimate of drug-likeness (QED) is 0.773. The lowest BCUT2D eigenvalue weighted by Gasteiger charge is -2.22. The Hall–Kier alpha value is -1.44. The predicted octanol–water partition coefficient (Wildman–Crippen LogP) is 0.984. The number of amides is 1. The number of hydrogen-bond acceptors (Lipinski definition) is 4. The summed E-state index contributed by atoms with van der Waals surface area (Å²) in [5, 5.41) is 5.95. The number of sulfonamides is 1. The van der Waals surface area contributed by atoms with E-state index >= 15 is 0 Å². The third kappa shape index (κ3) is 3.81. The van der Waals surface area contributed by atoms with E-state index in [-0.39, 0.29) is 16.8 Å². The maximum absolute atomic E-state index is 12.1. The minimum atomic E-state index is -3.53. The molecular weight excluding hydrogens is 290 g/mol. The molecule has 1 aromatic carbocycles. The first-order valence-corrected chi connectivity index (χ1v) is 8.51. The molecule has 1 heterocycles. The Bertz CT molecular complexity index is 622. The van der Waals surface area contributed by atoms with Gasteiger partial charge in [0, 0.05) is 5.69 Å². The highest BCUT2D eigenvalue weighted by Crippen LogP contribution is 2.20. The van der Waals surface area contributed by atoms with Crippen LogP contribution in [0.1, 0.15) is 24.8 Å². The molecule has 0 saturated carbocycles. The van der Waals surface area contributed by atoms with Crippen LogP contribution in [0.2, 0.25) is 0 Å². The van der Waals surface area contributed by atoms with E-state index in [9.17, 15) is 13.2 Å². The average Bonchev–Trinajstić information content (AvgIpc) is 2.50. The van der Waals surface area contributed by atoms with Gasteiger partial charge in [-0.05, 0) is 51.1 Å². The second-order valence-corrected chi connectivity index (χ2v) is 7.03. The Balaban J connectivity index is 2.17. The molecule has 1 fully saturated rings. The van der Waals surface area contributed by atoms with Gasteiger partial charge in [0.25, 0.3) is 0 Å². The summed E-state index contributed by atoms with van der Waals surface area (Å²) < 4.78 is 26.1. The number of aryl methyl sites for hydroxylation is 1. The number of anilines is 1. The average molecular weight is 311 g/mol. The van der Waals surface area contributed by atoms with Gasteiger partial charge in [0.2, 0.25) is 15.9 Å². The van der Waals surface area contributed by atoms with E-state index in [0.29, 0.717) is 11.3 Å². The molecule has 0 radical (unpaired) electrons. The van der Waals surface area contributed by atoms with Crippen molar-refractivity contribution in [1.82, 2.24) is 10.0 Å². The van der Waals surface area contributed by atoms with E-state index < -0.39 is 10.0 Å². The third-order valence-corrected chi connectivity index (χ3v) is 5.20. The van der Waals surface area contributed by atoms with Crippen LogP contribution in [0.15, 0.2) is 23.1 Å². The Morgan fingerprint density at radius 3 is 2.71 bits per heavy atom. The van der Waals surface area contributed by atoms with Crippen LogP contribution in [-0.2, 0) is 14.8 Å². The van der Waals surface area contributed by atoms with Gasteiger partial charge in [-0.3, -0.25) is 4.79 Å². The van der Waals surface area contributed by atoms with Crippen molar-refractivity contribution in [3.8, 4) is 0 Å². The lowest BCUT2D eigenvalue weighted by Crippen LogP contribution is -2.43. The Kier molecular flexibility index (Phi) is 4.97. The molecule has 1 aromatic rings. The maximum Gasteiger partial charge on any atom is 0.241 e. The molecule has 0 spiro atoms. The van der Waals surface area contributed by atoms with E-state index in [2.05, 4.69) is 15.4 Å². The molecule has 7 heteroatoms. The summed E-state index contributed by atoms with van der Waals surface area (Å²) in [6, 6.07) is 4.69. The zero-order chi connectivity index (χ0) is 15.5. The SMILES string of the molecule is CNS(=O)(=O)c1cc(NC(=O)[C@@H]2CCCCN2)ccc1C.